The van der Waals surface area contributed by atoms with Crippen LogP contribution in [0.15, 0.2) is 34.0 Å². The third-order valence-electron chi connectivity index (χ3n) is 4.92. The van der Waals surface area contributed by atoms with Crippen molar-refractivity contribution in [3.05, 3.63) is 40.2 Å². The molecule has 1 aromatic carbocycles. The molecule has 0 spiro atoms. The number of benzene rings is 1. The van der Waals surface area contributed by atoms with Crippen molar-refractivity contribution in [3.63, 3.8) is 0 Å². The first kappa shape index (κ1) is 23.6. The van der Waals surface area contributed by atoms with E-state index in [9.17, 15) is 22.8 Å². The molecule has 0 aliphatic carbocycles. The van der Waals surface area contributed by atoms with Crippen LogP contribution in [0.4, 0.5) is 0 Å². The van der Waals surface area contributed by atoms with Gasteiger partial charge in [-0.15, -0.1) is 0 Å². The Hall–Kier alpha value is -2.72. The number of likely N-dealkylation sites (N-methyl/N-ethyl adjacent to an activating group) is 1. The van der Waals surface area contributed by atoms with E-state index in [1.165, 1.54) is 22.5 Å². The van der Waals surface area contributed by atoms with Crippen LogP contribution in [0.2, 0.25) is 0 Å². The van der Waals surface area contributed by atoms with Gasteiger partial charge in [-0.2, -0.15) is 4.31 Å². The summed E-state index contributed by atoms with van der Waals surface area (Å²) >= 11 is 0. The van der Waals surface area contributed by atoms with Crippen molar-refractivity contribution < 1.29 is 18.0 Å². The number of sulfonamides is 1. The molecule has 0 fully saturated rings. The Balaban J connectivity index is 2.46. The van der Waals surface area contributed by atoms with Crippen molar-refractivity contribution in [1.29, 1.82) is 0 Å². The van der Waals surface area contributed by atoms with Crippen LogP contribution >= 0.6 is 0 Å². The quantitative estimate of drug-likeness (QED) is 0.611. The monoisotopic (exact) mass is 436 g/mol. The summed E-state index contributed by atoms with van der Waals surface area (Å²) in [6.45, 7) is 8.60. The van der Waals surface area contributed by atoms with Crippen molar-refractivity contribution >= 4 is 32.7 Å². The number of carbonyl (C=O) groups excluding carboxylic acids is 2. The van der Waals surface area contributed by atoms with Gasteiger partial charge in [0.25, 0.3) is 5.91 Å². The van der Waals surface area contributed by atoms with E-state index in [-0.39, 0.29) is 28.3 Å². The molecular weight excluding hydrogens is 408 g/mol. The molecule has 30 heavy (non-hydrogen) atoms. The molecule has 0 radical (unpaired) electrons. The summed E-state index contributed by atoms with van der Waals surface area (Å²) in [6.07, 6.45) is 0. The number of aromatic nitrogens is 1. The SMILES string of the molecule is CCN(CC)C(=O)CNC(=O)c1cc(=O)[nH]c2ccc(S(=O)(=O)N(CC)CC)cc12. The molecule has 2 aromatic rings. The van der Waals surface area contributed by atoms with E-state index in [0.29, 0.717) is 31.7 Å². The van der Waals surface area contributed by atoms with E-state index in [1.54, 1.807) is 18.7 Å². The third-order valence-corrected chi connectivity index (χ3v) is 6.96. The molecule has 0 atom stereocenters. The fraction of sp³-hybridized carbons (Fsp3) is 0.450. The molecule has 0 bridgehead atoms. The molecule has 0 unspecified atom stereocenters. The minimum absolute atomic E-state index is 0.0118. The molecular formula is C20H28N4O5S. The number of hydrogen-bond donors (Lipinski definition) is 2. The van der Waals surface area contributed by atoms with Gasteiger partial charge in [0, 0.05) is 43.1 Å². The summed E-state index contributed by atoms with van der Waals surface area (Å²) in [7, 11) is -3.74. The van der Waals surface area contributed by atoms with E-state index in [0.717, 1.165) is 6.07 Å². The topological polar surface area (TPSA) is 120 Å². The van der Waals surface area contributed by atoms with Crippen LogP contribution in [0.5, 0.6) is 0 Å². The second-order valence-corrected chi connectivity index (χ2v) is 8.53. The molecule has 2 amide bonds. The highest BCUT2D eigenvalue weighted by molar-refractivity contribution is 7.89. The number of carbonyl (C=O) groups is 2. The summed E-state index contributed by atoms with van der Waals surface area (Å²) in [5.74, 6) is -0.865. The Morgan fingerprint density at radius 3 is 2.20 bits per heavy atom. The van der Waals surface area contributed by atoms with Crippen molar-refractivity contribution in [2.75, 3.05) is 32.7 Å². The largest absolute Gasteiger partial charge is 0.343 e. The van der Waals surface area contributed by atoms with Crippen molar-refractivity contribution in [2.45, 2.75) is 32.6 Å². The highest BCUT2D eigenvalue weighted by Gasteiger charge is 2.23. The second-order valence-electron chi connectivity index (χ2n) is 6.59. The lowest BCUT2D eigenvalue weighted by molar-refractivity contribution is -0.129. The van der Waals surface area contributed by atoms with Gasteiger partial charge in [0.2, 0.25) is 21.5 Å². The number of nitrogens with one attached hydrogen (secondary N) is 2. The predicted molar refractivity (Wildman–Crippen MR) is 115 cm³/mol. The number of aromatic amines is 1. The summed E-state index contributed by atoms with van der Waals surface area (Å²) in [5.41, 5.74) is -0.152. The maximum absolute atomic E-state index is 12.8. The molecule has 2 N–H and O–H groups in total. The Morgan fingerprint density at radius 2 is 1.63 bits per heavy atom. The number of fused-ring (bicyclic) bond motifs is 1. The minimum atomic E-state index is -3.74. The van der Waals surface area contributed by atoms with E-state index in [2.05, 4.69) is 10.3 Å². The average molecular weight is 437 g/mol. The maximum atomic E-state index is 12.8. The lowest BCUT2D eigenvalue weighted by Gasteiger charge is -2.19. The number of H-pyrrole nitrogens is 1. The van der Waals surface area contributed by atoms with E-state index in [4.69, 9.17) is 0 Å². The molecule has 10 heteroatoms. The molecule has 9 nitrogen and oxygen atoms in total. The highest BCUT2D eigenvalue weighted by Crippen LogP contribution is 2.22. The summed E-state index contributed by atoms with van der Waals surface area (Å²) in [6, 6.07) is 5.34. The molecule has 1 heterocycles. The zero-order valence-electron chi connectivity index (χ0n) is 17.7. The van der Waals surface area contributed by atoms with Crippen molar-refractivity contribution in [2.24, 2.45) is 0 Å². The first-order valence-corrected chi connectivity index (χ1v) is 11.4. The maximum Gasteiger partial charge on any atom is 0.252 e. The van der Waals surface area contributed by atoms with Gasteiger partial charge in [-0.1, -0.05) is 13.8 Å². The predicted octanol–water partition coefficient (Wildman–Crippen LogP) is 1.16. The number of amides is 2. The standard InChI is InChI=1S/C20H28N4O5S/c1-5-23(6-2)19(26)13-21-20(27)16-12-18(25)22-17-10-9-14(11-15(16)17)30(28,29)24(7-3)8-4/h9-12H,5-8,13H2,1-4H3,(H,21,27)(H,22,25). The zero-order chi connectivity index (χ0) is 22.5. The number of pyridine rings is 1. The van der Waals surface area contributed by atoms with Crippen LogP contribution in [0, 0.1) is 0 Å². The van der Waals surface area contributed by atoms with Crippen LogP contribution < -0.4 is 10.9 Å². The third kappa shape index (κ3) is 4.88. The summed E-state index contributed by atoms with van der Waals surface area (Å²) < 4.78 is 27.0. The lowest BCUT2D eigenvalue weighted by atomic mass is 10.1. The first-order valence-electron chi connectivity index (χ1n) is 9.92. The van der Waals surface area contributed by atoms with E-state index in [1.807, 2.05) is 13.8 Å². The van der Waals surface area contributed by atoms with Crippen molar-refractivity contribution in [3.8, 4) is 0 Å². The van der Waals surface area contributed by atoms with Crippen LogP contribution in [-0.4, -0.2) is 67.1 Å². The smallest absolute Gasteiger partial charge is 0.252 e. The summed E-state index contributed by atoms with van der Waals surface area (Å²) in [5, 5.41) is 2.82. The molecule has 1 aromatic heterocycles. The van der Waals surface area contributed by atoms with Crippen LogP contribution in [0.1, 0.15) is 38.1 Å². The van der Waals surface area contributed by atoms with Gasteiger partial charge in [-0.05, 0) is 32.0 Å². The molecule has 0 saturated heterocycles. The van der Waals surface area contributed by atoms with Gasteiger partial charge in [-0.3, -0.25) is 14.4 Å². The normalized spacial score (nSPS) is 11.6. The van der Waals surface area contributed by atoms with Gasteiger partial charge in [-0.25, -0.2) is 8.42 Å². The second kappa shape index (κ2) is 9.86. The van der Waals surface area contributed by atoms with Gasteiger partial charge in [0.05, 0.1) is 17.0 Å². The molecule has 164 valence electrons. The highest BCUT2D eigenvalue weighted by atomic mass is 32.2. The van der Waals surface area contributed by atoms with Gasteiger partial charge in [0.15, 0.2) is 0 Å². The van der Waals surface area contributed by atoms with Gasteiger partial charge < -0.3 is 15.2 Å². The van der Waals surface area contributed by atoms with Crippen LogP contribution in [0.3, 0.4) is 0 Å². The molecule has 0 aliphatic heterocycles. The lowest BCUT2D eigenvalue weighted by Crippen LogP contribution is -2.40. The van der Waals surface area contributed by atoms with Crippen molar-refractivity contribution in [1.82, 2.24) is 19.5 Å². The number of rotatable bonds is 9. The minimum Gasteiger partial charge on any atom is -0.343 e. The summed E-state index contributed by atoms with van der Waals surface area (Å²) in [4.78, 5) is 41.1. The molecule has 0 saturated carbocycles. The first-order chi connectivity index (χ1) is 14.2. The fourth-order valence-electron chi connectivity index (χ4n) is 3.23. The van der Waals surface area contributed by atoms with E-state index >= 15 is 0 Å². The Bertz CT molecular complexity index is 1090. The van der Waals surface area contributed by atoms with Gasteiger partial charge in [0.1, 0.15) is 0 Å². The van der Waals surface area contributed by atoms with Crippen LogP contribution in [0.25, 0.3) is 10.9 Å². The fourth-order valence-corrected chi connectivity index (χ4v) is 4.72. The Kier molecular flexibility index (Phi) is 7.74. The Labute approximate surface area is 176 Å². The van der Waals surface area contributed by atoms with Gasteiger partial charge >= 0.3 is 0 Å². The Morgan fingerprint density at radius 1 is 1.00 bits per heavy atom. The zero-order valence-corrected chi connectivity index (χ0v) is 18.5. The van der Waals surface area contributed by atoms with E-state index < -0.39 is 21.5 Å². The number of hydrogen-bond acceptors (Lipinski definition) is 5. The molecule has 0 aliphatic rings. The average Bonchev–Trinajstić information content (AvgIpc) is 2.72. The number of nitrogens with zero attached hydrogens (tertiary/aromatic N) is 2. The molecule has 2 rings (SSSR count). The van der Waals surface area contributed by atoms with Crippen LogP contribution in [-0.2, 0) is 14.8 Å².